The lowest BCUT2D eigenvalue weighted by molar-refractivity contribution is 0.102. The molecule has 4 aromatic rings. The van der Waals surface area contributed by atoms with Gasteiger partial charge in [0.25, 0.3) is 5.91 Å². The fourth-order valence-corrected chi connectivity index (χ4v) is 4.02. The predicted octanol–water partition coefficient (Wildman–Crippen LogP) is 3.57. The number of amides is 1. The lowest BCUT2D eigenvalue weighted by Gasteiger charge is -2.10. The van der Waals surface area contributed by atoms with Crippen molar-refractivity contribution in [1.29, 1.82) is 0 Å². The number of rotatable bonds is 6. The molecule has 2 heterocycles. The number of carbonyl (C=O) groups excluding carboxylic acids is 1. The van der Waals surface area contributed by atoms with Crippen molar-refractivity contribution in [2.75, 3.05) is 5.32 Å². The summed E-state index contributed by atoms with van der Waals surface area (Å²) in [5, 5.41) is 2.73. The van der Waals surface area contributed by atoms with Crippen molar-refractivity contribution in [3.05, 3.63) is 83.6 Å². The third kappa shape index (κ3) is 4.62. The monoisotopic (exact) mass is 436 g/mol. The highest BCUT2D eigenvalue weighted by molar-refractivity contribution is 7.89. The number of aryl methyl sites for hydroxylation is 2. The normalized spacial score (nSPS) is 11.5. The Morgan fingerprint density at radius 2 is 1.74 bits per heavy atom. The average molecular weight is 436 g/mol. The minimum atomic E-state index is -3.78. The zero-order valence-corrected chi connectivity index (χ0v) is 17.7. The molecule has 0 bridgehead atoms. The van der Waals surface area contributed by atoms with Crippen LogP contribution in [0.25, 0.3) is 11.0 Å². The summed E-state index contributed by atoms with van der Waals surface area (Å²) in [6.45, 7) is 3.77. The van der Waals surface area contributed by atoms with Crippen LogP contribution in [0.4, 0.5) is 5.69 Å². The second kappa shape index (κ2) is 8.29. The number of nitrogens with zero attached hydrogens (tertiary/aromatic N) is 2. The van der Waals surface area contributed by atoms with Crippen LogP contribution in [0.5, 0.6) is 0 Å². The van der Waals surface area contributed by atoms with Gasteiger partial charge in [0.2, 0.25) is 10.0 Å². The molecule has 2 N–H and O–H groups in total. The van der Waals surface area contributed by atoms with Gasteiger partial charge >= 0.3 is 0 Å². The molecule has 2 aromatic carbocycles. The molecule has 0 saturated carbocycles. The lowest BCUT2D eigenvalue weighted by atomic mass is 10.1. The van der Waals surface area contributed by atoms with Crippen LogP contribution in [-0.2, 0) is 16.6 Å². The quantitative estimate of drug-likeness (QED) is 0.478. The van der Waals surface area contributed by atoms with Gasteiger partial charge in [-0.3, -0.25) is 4.79 Å². The van der Waals surface area contributed by atoms with E-state index in [2.05, 4.69) is 20.0 Å². The molecule has 0 aliphatic rings. The van der Waals surface area contributed by atoms with Gasteiger partial charge in [-0.2, -0.15) is 0 Å². The van der Waals surface area contributed by atoms with E-state index in [0.29, 0.717) is 28.0 Å². The van der Waals surface area contributed by atoms with Gasteiger partial charge in [0.15, 0.2) is 0 Å². The topological polar surface area (TPSA) is 114 Å². The first-order valence-corrected chi connectivity index (χ1v) is 11.0. The molecule has 0 spiro atoms. The highest BCUT2D eigenvalue weighted by Gasteiger charge is 2.16. The Labute approximate surface area is 179 Å². The first-order chi connectivity index (χ1) is 14.8. The number of benzene rings is 2. The molecule has 0 radical (unpaired) electrons. The fraction of sp³-hybridized carbons (Fsp3) is 0.136. The second-order valence-electron chi connectivity index (χ2n) is 6.98. The summed E-state index contributed by atoms with van der Waals surface area (Å²) in [5.74, 6) is 0.123. The summed E-state index contributed by atoms with van der Waals surface area (Å²) in [5.41, 5.74) is 3.71. The van der Waals surface area contributed by atoms with Crippen LogP contribution in [0, 0.1) is 13.8 Å². The molecule has 9 heteroatoms. The van der Waals surface area contributed by atoms with Crippen molar-refractivity contribution in [2.45, 2.75) is 25.3 Å². The zero-order valence-electron chi connectivity index (χ0n) is 16.9. The van der Waals surface area contributed by atoms with E-state index < -0.39 is 10.0 Å². The number of anilines is 1. The summed E-state index contributed by atoms with van der Waals surface area (Å²) in [6.07, 6.45) is 1.47. The van der Waals surface area contributed by atoms with Crippen LogP contribution >= 0.6 is 0 Å². The molecular formula is C22H20N4O4S. The lowest BCUT2D eigenvalue weighted by Crippen LogP contribution is -2.23. The summed E-state index contributed by atoms with van der Waals surface area (Å²) in [4.78, 5) is 21.7. The van der Waals surface area contributed by atoms with Gasteiger partial charge in [0, 0.05) is 11.3 Å². The van der Waals surface area contributed by atoms with Gasteiger partial charge in [0.1, 0.15) is 5.76 Å². The Bertz CT molecular complexity index is 1370. The van der Waals surface area contributed by atoms with Gasteiger partial charge < -0.3 is 9.73 Å². The number of furan rings is 1. The van der Waals surface area contributed by atoms with E-state index >= 15 is 0 Å². The molecule has 158 valence electrons. The highest BCUT2D eigenvalue weighted by Crippen LogP contribution is 2.19. The Hall–Kier alpha value is -3.56. The van der Waals surface area contributed by atoms with Gasteiger partial charge in [-0.05, 0) is 62.4 Å². The number of aromatic nitrogens is 2. The maximum atomic E-state index is 12.7. The highest BCUT2D eigenvalue weighted by atomic mass is 32.2. The number of carbonyl (C=O) groups is 1. The number of hydrogen-bond acceptors (Lipinski definition) is 6. The van der Waals surface area contributed by atoms with Crippen molar-refractivity contribution in [3.8, 4) is 0 Å². The molecular weight excluding hydrogens is 416 g/mol. The van der Waals surface area contributed by atoms with Crippen molar-refractivity contribution in [3.63, 3.8) is 0 Å². The molecule has 0 fully saturated rings. The fourth-order valence-electron chi connectivity index (χ4n) is 2.98. The average Bonchev–Trinajstić information content (AvgIpc) is 3.27. The maximum Gasteiger partial charge on any atom is 0.255 e. The Kier molecular flexibility index (Phi) is 5.53. The minimum Gasteiger partial charge on any atom is -0.468 e. The number of sulfonamides is 1. The Morgan fingerprint density at radius 1 is 0.968 bits per heavy atom. The molecule has 0 aliphatic heterocycles. The van der Waals surface area contributed by atoms with E-state index in [1.807, 2.05) is 13.8 Å². The molecule has 2 aromatic heterocycles. The molecule has 8 nitrogen and oxygen atoms in total. The SMILES string of the molecule is Cc1nc2ccc(C(=O)Nc3cccc(S(=O)(=O)NCc4ccco4)c3)cc2nc1C. The predicted molar refractivity (Wildman–Crippen MR) is 116 cm³/mol. The third-order valence-corrected chi connectivity index (χ3v) is 6.16. The van der Waals surface area contributed by atoms with E-state index in [0.717, 1.165) is 11.4 Å². The number of nitrogens with one attached hydrogen (secondary N) is 2. The van der Waals surface area contributed by atoms with E-state index in [9.17, 15) is 13.2 Å². The molecule has 0 atom stereocenters. The Balaban J connectivity index is 1.52. The van der Waals surface area contributed by atoms with Crippen LogP contribution in [0.15, 0.2) is 70.2 Å². The summed E-state index contributed by atoms with van der Waals surface area (Å²) >= 11 is 0. The smallest absolute Gasteiger partial charge is 0.255 e. The van der Waals surface area contributed by atoms with E-state index in [4.69, 9.17) is 4.42 Å². The number of fused-ring (bicyclic) bond motifs is 1. The summed E-state index contributed by atoms with van der Waals surface area (Å²) < 4.78 is 32.7. The largest absolute Gasteiger partial charge is 0.468 e. The van der Waals surface area contributed by atoms with Crippen LogP contribution in [0.1, 0.15) is 27.5 Å². The van der Waals surface area contributed by atoms with Crippen molar-refractivity contribution < 1.29 is 17.6 Å². The van der Waals surface area contributed by atoms with Gasteiger partial charge in [-0.15, -0.1) is 0 Å². The van der Waals surface area contributed by atoms with Crippen molar-refractivity contribution in [2.24, 2.45) is 0 Å². The van der Waals surface area contributed by atoms with Crippen molar-refractivity contribution in [1.82, 2.24) is 14.7 Å². The van der Waals surface area contributed by atoms with Crippen LogP contribution < -0.4 is 10.0 Å². The second-order valence-corrected chi connectivity index (χ2v) is 8.75. The Morgan fingerprint density at radius 3 is 2.48 bits per heavy atom. The first kappa shape index (κ1) is 20.7. The van der Waals surface area contributed by atoms with Crippen LogP contribution in [0.3, 0.4) is 0 Å². The van der Waals surface area contributed by atoms with Crippen LogP contribution in [-0.4, -0.2) is 24.3 Å². The standard InChI is InChI=1S/C22H20N4O4S/c1-14-15(2)25-21-11-16(8-9-20(21)24-14)22(27)26-17-5-3-7-19(12-17)31(28,29)23-13-18-6-4-10-30-18/h3-12,23H,13H2,1-2H3,(H,26,27). The van der Waals surface area contributed by atoms with Gasteiger partial charge in [0.05, 0.1) is 40.1 Å². The summed E-state index contributed by atoms with van der Waals surface area (Å²) in [7, 11) is -3.78. The van der Waals surface area contributed by atoms with Crippen LogP contribution in [0.2, 0.25) is 0 Å². The maximum absolute atomic E-state index is 12.7. The van der Waals surface area contributed by atoms with Gasteiger partial charge in [-0.25, -0.2) is 23.1 Å². The summed E-state index contributed by atoms with van der Waals surface area (Å²) in [6, 6.07) is 14.5. The minimum absolute atomic E-state index is 0.0307. The molecule has 0 saturated heterocycles. The molecule has 31 heavy (non-hydrogen) atoms. The van der Waals surface area contributed by atoms with Gasteiger partial charge in [-0.1, -0.05) is 6.07 Å². The molecule has 0 aliphatic carbocycles. The zero-order chi connectivity index (χ0) is 22.0. The van der Waals surface area contributed by atoms with E-state index in [1.54, 1.807) is 42.5 Å². The first-order valence-electron chi connectivity index (χ1n) is 9.50. The molecule has 0 unspecified atom stereocenters. The van der Waals surface area contributed by atoms with E-state index in [1.165, 1.54) is 18.4 Å². The third-order valence-electron chi connectivity index (χ3n) is 4.76. The number of hydrogen-bond donors (Lipinski definition) is 2. The molecule has 1 amide bonds. The van der Waals surface area contributed by atoms with E-state index in [-0.39, 0.29) is 17.3 Å². The molecule has 4 rings (SSSR count). The van der Waals surface area contributed by atoms with Crippen molar-refractivity contribution >= 4 is 32.7 Å².